The van der Waals surface area contributed by atoms with Gasteiger partial charge in [-0.15, -0.1) is 0 Å². The zero-order valence-electron chi connectivity index (χ0n) is 15.9. The number of hydrogen-bond donors (Lipinski definition) is 0. The highest BCUT2D eigenvalue weighted by atomic mass is 19.1. The van der Waals surface area contributed by atoms with Crippen LogP contribution in [0.1, 0.15) is 23.7 Å². The van der Waals surface area contributed by atoms with Crippen molar-refractivity contribution in [1.82, 2.24) is 9.78 Å². The maximum atomic E-state index is 15.4. The molecule has 0 bridgehead atoms. The number of carbonyl (C=O) groups is 1. The maximum absolute atomic E-state index is 15.4. The van der Waals surface area contributed by atoms with E-state index in [4.69, 9.17) is 9.47 Å². The first-order valence-electron chi connectivity index (χ1n) is 8.95. The smallest absolute Gasteiger partial charge is 0.338 e. The fraction of sp³-hybridized carbons (Fsp3) is 0.238. The molecule has 3 aromatic rings. The monoisotopic (exact) mass is 404 g/mol. The highest BCUT2D eigenvalue weighted by Crippen LogP contribution is 2.35. The van der Waals surface area contributed by atoms with E-state index in [9.17, 15) is 13.6 Å². The second-order valence-electron chi connectivity index (χ2n) is 6.23. The van der Waals surface area contributed by atoms with Crippen LogP contribution < -0.4 is 0 Å². The van der Waals surface area contributed by atoms with E-state index in [0.717, 1.165) is 10.7 Å². The van der Waals surface area contributed by atoms with E-state index < -0.39 is 23.4 Å². The summed E-state index contributed by atoms with van der Waals surface area (Å²) in [7, 11) is 1.37. The van der Waals surface area contributed by atoms with Crippen molar-refractivity contribution >= 4 is 5.97 Å². The summed E-state index contributed by atoms with van der Waals surface area (Å²) in [6, 6.07) is 8.88. The molecule has 0 unspecified atom stereocenters. The third kappa shape index (κ3) is 4.17. The first-order chi connectivity index (χ1) is 14.0. The van der Waals surface area contributed by atoms with Crippen LogP contribution in [0, 0.1) is 17.5 Å². The Morgan fingerprint density at radius 2 is 1.83 bits per heavy atom. The van der Waals surface area contributed by atoms with Crippen LogP contribution in [0.15, 0.2) is 42.5 Å². The van der Waals surface area contributed by atoms with Gasteiger partial charge in [0.1, 0.15) is 29.8 Å². The van der Waals surface area contributed by atoms with Crippen LogP contribution in [0.4, 0.5) is 13.2 Å². The first kappa shape index (κ1) is 20.6. The quantitative estimate of drug-likeness (QED) is 0.531. The predicted octanol–water partition coefficient (Wildman–Crippen LogP) is 4.81. The molecule has 0 N–H and O–H groups in total. The van der Waals surface area contributed by atoms with Crippen LogP contribution in [0.25, 0.3) is 22.5 Å². The summed E-state index contributed by atoms with van der Waals surface area (Å²) in [4.78, 5) is 12.4. The molecule has 0 aliphatic rings. The molecule has 8 heteroatoms. The topological polar surface area (TPSA) is 53.3 Å². The van der Waals surface area contributed by atoms with Gasteiger partial charge in [0.2, 0.25) is 0 Å². The van der Waals surface area contributed by atoms with Gasteiger partial charge >= 0.3 is 5.97 Å². The van der Waals surface area contributed by atoms with Gasteiger partial charge in [-0.1, -0.05) is 13.0 Å². The standard InChI is InChI=1S/C21H19F3N2O3/c1-3-11-29-21(27)15-5-4-6-16(23)17(15)20-18(24)19(25-26(20)12-28-2)13-7-9-14(22)10-8-13/h4-10H,3,11-12H2,1-2H3. The Bertz CT molecular complexity index is 1020. The molecule has 2 aromatic carbocycles. The molecule has 0 atom stereocenters. The SMILES string of the molecule is CCCOC(=O)c1cccc(F)c1-c1c(F)c(-c2ccc(F)cc2)nn1COC. The van der Waals surface area contributed by atoms with Gasteiger partial charge in [0.15, 0.2) is 5.82 Å². The molecule has 0 aliphatic carbocycles. The van der Waals surface area contributed by atoms with Gasteiger partial charge in [-0.25, -0.2) is 22.6 Å². The molecule has 0 fully saturated rings. The van der Waals surface area contributed by atoms with Gasteiger partial charge in [-0.2, -0.15) is 5.10 Å². The summed E-state index contributed by atoms with van der Waals surface area (Å²) in [5.41, 5.74) is -0.475. The number of ether oxygens (including phenoxy) is 2. The number of esters is 1. The molecule has 0 saturated carbocycles. The van der Waals surface area contributed by atoms with Gasteiger partial charge in [0.05, 0.1) is 17.7 Å². The van der Waals surface area contributed by atoms with Crippen molar-refractivity contribution in [3.63, 3.8) is 0 Å². The summed E-state index contributed by atoms with van der Waals surface area (Å²) < 4.78 is 54.7. The van der Waals surface area contributed by atoms with Crippen LogP contribution in [0.5, 0.6) is 0 Å². The average molecular weight is 404 g/mol. The molecular formula is C21H19F3N2O3. The summed E-state index contributed by atoms with van der Waals surface area (Å²) in [6.45, 7) is 1.78. The molecule has 1 aromatic heterocycles. The number of halogens is 3. The van der Waals surface area contributed by atoms with E-state index in [1.54, 1.807) is 0 Å². The van der Waals surface area contributed by atoms with Gasteiger partial charge in [-0.3, -0.25) is 0 Å². The fourth-order valence-electron chi connectivity index (χ4n) is 2.89. The van der Waals surface area contributed by atoms with Crippen molar-refractivity contribution in [1.29, 1.82) is 0 Å². The van der Waals surface area contributed by atoms with Gasteiger partial charge < -0.3 is 9.47 Å². The van der Waals surface area contributed by atoms with E-state index in [0.29, 0.717) is 12.0 Å². The zero-order chi connectivity index (χ0) is 21.0. The normalized spacial score (nSPS) is 10.9. The first-order valence-corrected chi connectivity index (χ1v) is 8.95. The number of benzene rings is 2. The molecule has 0 radical (unpaired) electrons. The number of rotatable bonds is 7. The molecule has 29 heavy (non-hydrogen) atoms. The lowest BCUT2D eigenvalue weighted by atomic mass is 10.0. The number of carbonyl (C=O) groups excluding carboxylic acids is 1. The van der Waals surface area contributed by atoms with E-state index in [1.165, 1.54) is 43.5 Å². The number of aromatic nitrogens is 2. The average Bonchev–Trinajstić information content (AvgIpc) is 3.02. The lowest BCUT2D eigenvalue weighted by Gasteiger charge is -2.12. The van der Waals surface area contributed by atoms with Gasteiger partial charge in [-0.05, 0) is 42.8 Å². The molecule has 1 heterocycles. The lowest BCUT2D eigenvalue weighted by Crippen LogP contribution is -2.12. The van der Waals surface area contributed by atoms with Gasteiger partial charge in [0, 0.05) is 12.7 Å². The molecule has 0 amide bonds. The van der Waals surface area contributed by atoms with E-state index >= 15 is 4.39 Å². The Morgan fingerprint density at radius 1 is 1.10 bits per heavy atom. The Balaban J connectivity index is 2.20. The minimum atomic E-state index is -0.858. The van der Waals surface area contributed by atoms with Gasteiger partial charge in [0.25, 0.3) is 0 Å². The van der Waals surface area contributed by atoms with Crippen molar-refractivity contribution in [2.75, 3.05) is 13.7 Å². The number of nitrogens with zero attached hydrogens (tertiary/aromatic N) is 2. The highest BCUT2D eigenvalue weighted by Gasteiger charge is 2.27. The molecule has 152 valence electrons. The third-order valence-electron chi connectivity index (χ3n) is 4.17. The zero-order valence-corrected chi connectivity index (χ0v) is 15.9. The fourth-order valence-corrected chi connectivity index (χ4v) is 2.89. The van der Waals surface area contributed by atoms with Crippen molar-refractivity contribution in [3.05, 3.63) is 65.5 Å². The van der Waals surface area contributed by atoms with Crippen molar-refractivity contribution < 1.29 is 27.4 Å². The Hall–Kier alpha value is -3.13. The molecular weight excluding hydrogens is 385 g/mol. The second kappa shape index (κ2) is 8.91. The summed E-state index contributed by atoms with van der Waals surface area (Å²) >= 11 is 0. The molecule has 3 rings (SSSR count). The van der Waals surface area contributed by atoms with Crippen LogP contribution in [-0.4, -0.2) is 29.5 Å². The summed E-state index contributed by atoms with van der Waals surface area (Å²) in [5.74, 6) is -2.92. The predicted molar refractivity (Wildman–Crippen MR) is 101 cm³/mol. The van der Waals surface area contributed by atoms with E-state index in [2.05, 4.69) is 5.10 Å². The molecule has 0 saturated heterocycles. The van der Waals surface area contributed by atoms with Crippen molar-refractivity contribution in [2.45, 2.75) is 20.1 Å². The number of methoxy groups -OCH3 is 1. The maximum Gasteiger partial charge on any atom is 0.338 e. The van der Waals surface area contributed by atoms with Crippen molar-refractivity contribution in [2.24, 2.45) is 0 Å². The van der Waals surface area contributed by atoms with Crippen LogP contribution in [-0.2, 0) is 16.2 Å². The molecule has 5 nitrogen and oxygen atoms in total. The van der Waals surface area contributed by atoms with E-state index in [1.807, 2.05) is 6.92 Å². The lowest BCUT2D eigenvalue weighted by molar-refractivity contribution is 0.0505. The molecule has 0 aliphatic heterocycles. The highest BCUT2D eigenvalue weighted by molar-refractivity contribution is 5.97. The second-order valence-corrected chi connectivity index (χ2v) is 6.23. The minimum absolute atomic E-state index is 0.117. The largest absolute Gasteiger partial charge is 0.462 e. The van der Waals surface area contributed by atoms with Crippen molar-refractivity contribution in [3.8, 4) is 22.5 Å². The molecule has 0 spiro atoms. The number of hydrogen-bond acceptors (Lipinski definition) is 4. The Kier molecular flexibility index (Phi) is 6.33. The Morgan fingerprint density at radius 3 is 2.48 bits per heavy atom. The third-order valence-corrected chi connectivity index (χ3v) is 4.17. The summed E-state index contributed by atoms with van der Waals surface area (Å²) in [6.07, 6.45) is 0.584. The summed E-state index contributed by atoms with van der Waals surface area (Å²) in [5, 5.41) is 4.15. The Labute approximate surface area is 165 Å². The minimum Gasteiger partial charge on any atom is -0.462 e. The van der Waals surface area contributed by atoms with E-state index in [-0.39, 0.29) is 35.9 Å². The van der Waals surface area contributed by atoms with Crippen LogP contribution in [0.2, 0.25) is 0 Å². The van der Waals surface area contributed by atoms with Crippen LogP contribution in [0.3, 0.4) is 0 Å². The van der Waals surface area contributed by atoms with Crippen LogP contribution >= 0.6 is 0 Å².